The first kappa shape index (κ1) is 17.4. The third-order valence-electron chi connectivity index (χ3n) is 5.43. The van der Waals surface area contributed by atoms with Crippen LogP contribution < -0.4 is 0 Å². The molecule has 2 fully saturated rings. The molecule has 138 valence electrons. The molecule has 11 heteroatoms. The van der Waals surface area contributed by atoms with Crippen LogP contribution >= 0.6 is 11.6 Å². The lowest BCUT2D eigenvalue weighted by molar-refractivity contribution is -0.149. The van der Waals surface area contributed by atoms with E-state index >= 15 is 0 Å². The molecular formula is C15H16ClN5O4S. The Bertz CT molecular complexity index is 964. The number of carboxylic acid groups (broad SMARTS) is 1. The molecule has 2 heterocycles. The van der Waals surface area contributed by atoms with Crippen molar-refractivity contribution in [2.45, 2.75) is 24.2 Å². The number of tetrazole rings is 1. The van der Waals surface area contributed by atoms with Gasteiger partial charge in [-0.1, -0.05) is 18.0 Å². The van der Waals surface area contributed by atoms with Crippen molar-refractivity contribution in [1.29, 1.82) is 0 Å². The van der Waals surface area contributed by atoms with Crippen molar-refractivity contribution in [3.05, 3.63) is 23.2 Å². The number of hydrogen-bond donors (Lipinski definition) is 2. The molecule has 0 radical (unpaired) electrons. The van der Waals surface area contributed by atoms with Crippen LogP contribution in [0, 0.1) is 11.3 Å². The van der Waals surface area contributed by atoms with Crippen molar-refractivity contribution < 1.29 is 18.3 Å². The Hall–Kier alpha value is -2.04. The van der Waals surface area contributed by atoms with E-state index in [1.807, 2.05) is 0 Å². The maximum atomic E-state index is 13.1. The molecule has 2 atom stereocenters. The SMILES string of the molecule is O=C(O)[C@@]12CCC[C@H]1CN(S(=O)(=O)c1ccc(Cl)c(-c3nn[nH]n3)c1)C2. The highest BCUT2D eigenvalue weighted by molar-refractivity contribution is 7.89. The summed E-state index contributed by atoms with van der Waals surface area (Å²) >= 11 is 6.13. The fourth-order valence-corrected chi connectivity index (χ4v) is 5.82. The van der Waals surface area contributed by atoms with E-state index in [2.05, 4.69) is 20.6 Å². The van der Waals surface area contributed by atoms with E-state index in [-0.39, 0.29) is 29.7 Å². The summed E-state index contributed by atoms with van der Waals surface area (Å²) in [6, 6.07) is 4.26. The molecule has 9 nitrogen and oxygen atoms in total. The second-order valence-corrected chi connectivity index (χ2v) is 9.07. The minimum absolute atomic E-state index is 0.00446. The van der Waals surface area contributed by atoms with Crippen LogP contribution in [0.3, 0.4) is 0 Å². The molecule has 0 unspecified atom stereocenters. The molecule has 26 heavy (non-hydrogen) atoms. The van der Waals surface area contributed by atoms with Gasteiger partial charge in [0.1, 0.15) is 0 Å². The number of H-pyrrole nitrogens is 1. The van der Waals surface area contributed by atoms with Crippen molar-refractivity contribution in [3.63, 3.8) is 0 Å². The zero-order chi connectivity index (χ0) is 18.5. The number of carboxylic acids is 1. The zero-order valence-electron chi connectivity index (χ0n) is 13.6. The van der Waals surface area contributed by atoms with Gasteiger partial charge in [0.2, 0.25) is 15.8 Å². The number of fused-ring (bicyclic) bond motifs is 1. The Morgan fingerprint density at radius 2 is 2.23 bits per heavy atom. The third-order valence-corrected chi connectivity index (χ3v) is 7.56. The summed E-state index contributed by atoms with van der Waals surface area (Å²) in [7, 11) is -3.86. The standard InChI is InChI=1S/C15H16ClN5O4S/c16-12-4-3-10(6-11(12)13-17-19-20-18-13)26(24,25)21-7-9-2-1-5-15(9,8-21)14(22)23/h3-4,6,9H,1-2,5,7-8H2,(H,22,23)(H,17,18,19,20)/t9-,15+/m0/s1. The number of rotatable bonds is 4. The highest BCUT2D eigenvalue weighted by Crippen LogP contribution is 2.50. The smallest absolute Gasteiger partial charge is 0.311 e. The van der Waals surface area contributed by atoms with Gasteiger partial charge in [-0.3, -0.25) is 4.79 Å². The molecule has 1 saturated carbocycles. The Morgan fingerprint density at radius 3 is 2.88 bits per heavy atom. The number of carbonyl (C=O) groups is 1. The monoisotopic (exact) mass is 397 g/mol. The summed E-state index contributed by atoms with van der Waals surface area (Å²) in [6.45, 7) is 0.213. The molecule has 0 spiro atoms. The molecule has 2 aromatic rings. The summed E-state index contributed by atoms with van der Waals surface area (Å²) in [5.41, 5.74) is -0.635. The minimum Gasteiger partial charge on any atom is -0.481 e. The number of benzene rings is 1. The van der Waals surface area contributed by atoms with E-state index in [1.165, 1.54) is 22.5 Å². The van der Waals surface area contributed by atoms with Crippen LogP contribution in [-0.4, -0.2) is 57.5 Å². The van der Waals surface area contributed by atoms with Crippen LogP contribution in [0.15, 0.2) is 23.1 Å². The first-order chi connectivity index (χ1) is 12.3. The van der Waals surface area contributed by atoms with Gasteiger partial charge in [0.05, 0.1) is 15.3 Å². The lowest BCUT2D eigenvalue weighted by Crippen LogP contribution is -2.37. The van der Waals surface area contributed by atoms with Gasteiger partial charge in [-0.15, -0.1) is 10.2 Å². The number of aromatic amines is 1. The summed E-state index contributed by atoms with van der Waals surface area (Å²) in [5, 5.41) is 23.4. The predicted octanol–water partition coefficient (Wildman–Crippen LogP) is 1.40. The number of nitrogens with one attached hydrogen (secondary N) is 1. The first-order valence-corrected chi connectivity index (χ1v) is 9.93. The summed E-state index contributed by atoms with van der Waals surface area (Å²) in [4.78, 5) is 11.8. The molecule has 2 aliphatic rings. The molecule has 1 saturated heterocycles. The van der Waals surface area contributed by atoms with Crippen molar-refractivity contribution in [2.75, 3.05) is 13.1 Å². The number of aliphatic carboxylic acids is 1. The Labute approximate surface area is 154 Å². The van der Waals surface area contributed by atoms with Crippen LogP contribution in [0.1, 0.15) is 19.3 Å². The fourth-order valence-electron chi connectivity index (χ4n) is 4.04. The van der Waals surface area contributed by atoms with E-state index in [4.69, 9.17) is 11.6 Å². The minimum atomic E-state index is -3.86. The number of aromatic nitrogens is 4. The van der Waals surface area contributed by atoms with Crippen LogP contribution in [0.25, 0.3) is 11.4 Å². The molecule has 4 rings (SSSR count). The largest absolute Gasteiger partial charge is 0.481 e. The molecule has 1 aliphatic heterocycles. The quantitative estimate of drug-likeness (QED) is 0.797. The van der Waals surface area contributed by atoms with Crippen molar-refractivity contribution in [1.82, 2.24) is 24.9 Å². The van der Waals surface area contributed by atoms with Gasteiger partial charge in [-0.05, 0) is 42.2 Å². The molecule has 1 aromatic carbocycles. The van der Waals surface area contributed by atoms with Crippen LogP contribution in [-0.2, 0) is 14.8 Å². The summed E-state index contributed by atoms with van der Waals surface area (Å²) < 4.78 is 27.5. The summed E-state index contributed by atoms with van der Waals surface area (Å²) in [5.74, 6) is -0.882. The zero-order valence-corrected chi connectivity index (χ0v) is 15.2. The lowest BCUT2D eigenvalue weighted by atomic mass is 9.81. The number of sulfonamides is 1. The maximum Gasteiger partial charge on any atom is 0.311 e. The molecule has 2 N–H and O–H groups in total. The number of nitrogens with zero attached hydrogens (tertiary/aromatic N) is 4. The first-order valence-electron chi connectivity index (χ1n) is 8.11. The fraction of sp³-hybridized carbons (Fsp3) is 0.467. The average molecular weight is 398 g/mol. The Kier molecular flexibility index (Phi) is 4.01. The van der Waals surface area contributed by atoms with Gasteiger partial charge < -0.3 is 5.11 Å². The predicted molar refractivity (Wildman–Crippen MR) is 90.8 cm³/mol. The van der Waals surface area contributed by atoms with E-state index in [9.17, 15) is 18.3 Å². The van der Waals surface area contributed by atoms with E-state index < -0.39 is 21.4 Å². The van der Waals surface area contributed by atoms with Gasteiger partial charge in [0, 0.05) is 18.7 Å². The van der Waals surface area contributed by atoms with E-state index in [0.717, 1.165) is 12.8 Å². The van der Waals surface area contributed by atoms with Crippen molar-refractivity contribution in [2.24, 2.45) is 11.3 Å². The second-order valence-electron chi connectivity index (χ2n) is 6.73. The van der Waals surface area contributed by atoms with Gasteiger partial charge in [-0.25, -0.2) is 8.42 Å². The highest BCUT2D eigenvalue weighted by Gasteiger charge is 2.57. The van der Waals surface area contributed by atoms with Crippen LogP contribution in [0.5, 0.6) is 0 Å². The average Bonchev–Trinajstić information content (AvgIpc) is 3.30. The Morgan fingerprint density at radius 1 is 1.42 bits per heavy atom. The topological polar surface area (TPSA) is 129 Å². The second kappa shape index (κ2) is 6.00. The van der Waals surface area contributed by atoms with Crippen molar-refractivity contribution >= 4 is 27.6 Å². The molecular weight excluding hydrogens is 382 g/mol. The molecule has 1 aromatic heterocycles. The number of halogens is 1. The van der Waals surface area contributed by atoms with Gasteiger partial charge >= 0.3 is 5.97 Å². The Balaban J connectivity index is 1.70. The van der Waals surface area contributed by atoms with E-state index in [0.29, 0.717) is 17.0 Å². The van der Waals surface area contributed by atoms with Gasteiger partial charge in [-0.2, -0.15) is 9.52 Å². The van der Waals surface area contributed by atoms with Crippen molar-refractivity contribution in [3.8, 4) is 11.4 Å². The lowest BCUT2D eigenvalue weighted by Gasteiger charge is -2.23. The molecule has 0 amide bonds. The van der Waals surface area contributed by atoms with Crippen LogP contribution in [0.4, 0.5) is 0 Å². The summed E-state index contributed by atoms with van der Waals surface area (Å²) in [6.07, 6.45) is 2.05. The molecule has 0 bridgehead atoms. The van der Waals surface area contributed by atoms with Gasteiger partial charge in [0.25, 0.3) is 0 Å². The molecule has 1 aliphatic carbocycles. The van der Waals surface area contributed by atoms with Gasteiger partial charge in [0.15, 0.2) is 0 Å². The van der Waals surface area contributed by atoms with Crippen LogP contribution in [0.2, 0.25) is 5.02 Å². The third kappa shape index (κ3) is 2.51. The highest BCUT2D eigenvalue weighted by atomic mass is 35.5. The number of hydrogen-bond acceptors (Lipinski definition) is 6. The van der Waals surface area contributed by atoms with E-state index in [1.54, 1.807) is 0 Å². The normalized spacial score (nSPS) is 26.1. The maximum absolute atomic E-state index is 13.1.